The second-order valence-electron chi connectivity index (χ2n) is 5.97. The van der Waals surface area contributed by atoms with Crippen LogP contribution in [-0.4, -0.2) is 42.3 Å². The van der Waals surface area contributed by atoms with Crippen LogP contribution >= 0.6 is 27.7 Å². The predicted octanol–water partition coefficient (Wildman–Crippen LogP) is 2.69. The SMILES string of the molecule is CC(=O)N=C1S[C@@H]2CS(=O)(=O)C[C@@H]2N1c1c(C)cc(Br)cc1C. The van der Waals surface area contributed by atoms with E-state index in [0.717, 1.165) is 21.3 Å². The van der Waals surface area contributed by atoms with Crippen LogP contribution in [0.25, 0.3) is 0 Å². The number of thioether (sulfide) groups is 1. The lowest BCUT2D eigenvalue weighted by atomic mass is 10.1. The number of hydrogen-bond acceptors (Lipinski definition) is 4. The van der Waals surface area contributed by atoms with Crippen LogP contribution in [0.5, 0.6) is 0 Å². The van der Waals surface area contributed by atoms with Crippen molar-refractivity contribution in [2.75, 3.05) is 16.4 Å². The van der Waals surface area contributed by atoms with Gasteiger partial charge in [-0.1, -0.05) is 27.7 Å². The van der Waals surface area contributed by atoms with Crippen molar-refractivity contribution in [2.45, 2.75) is 32.1 Å². The fourth-order valence-electron chi connectivity index (χ4n) is 3.24. The lowest BCUT2D eigenvalue weighted by molar-refractivity contribution is -0.115. The largest absolute Gasteiger partial charge is 0.315 e. The van der Waals surface area contributed by atoms with E-state index in [1.54, 1.807) is 0 Å². The van der Waals surface area contributed by atoms with E-state index >= 15 is 0 Å². The minimum Gasteiger partial charge on any atom is -0.315 e. The molecule has 2 aliphatic heterocycles. The summed E-state index contributed by atoms with van der Waals surface area (Å²) in [6.45, 7) is 5.39. The van der Waals surface area contributed by atoms with Gasteiger partial charge >= 0.3 is 0 Å². The smallest absolute Gasteiger partial charge is 0.244 e. The molecule has 0 saturated carbocycles. The molecular formula is C15H17BrN2O3S2. The maximum atomic E-state index is 12.0. The van der Waals surface area contributed by atoms with Crippen LogP contribution in [0.3, 0.4) is 0 Å². The molecule has 5 nitrogen and oxygen atoms in total. The number of benzene rings is 1. The molecule has 0 unspecified atom stereocenters. The lowest BCUT2D eigenvalue weighted by Gasteiger charge is -2.28. The topological polar surface area (TPSA) is 66.8 Å². The zero-order valence-electron chi connectivity index (χ0n) is 13.0. The van der Waals surface area contributed by atoms with Crippen LogP contribution in [0, 0.1) is 13.8 Å². The van der Waals surface area contributed by atoms with E-state index in [-0.39, 0.29) is 28.7 Å². The van der Waals surface area contributed by atoms with Gasteiger partial charge in [-0.2, -0.15) is 4.99 Å². The summed E-state index contributed by atoms with van der Waals surface area (Å²) in [7, 11) is -3.04. The first-order valence-corrected chi connectivity index (χ1v) is 10.7. The highest BCUT2D eigenvalue weighted by Gasteiger charge is 2.49. The van der Waals surface area contributed by atoms with Gasteiger partial charge in [0.15, 0.2) is 15.0 Å². The van der Waals surface area contributed by atoms with E-state index < -0.39 is 9.84 Å². The molecule has 2 heterocycles. The molecule has 0 spiro atoms. The molecule has 8 heteroatoms. The molecule has 2 aliphatic rings. The zero-order valence-corrected chi connectivity index (χ0v) is 16.3. The van der Waals surface area contributed by atoms with Gasteiger partial charge in [-0.3, -0.25) is 4.79 Å². The van der Waals surface area contributed by atoms with Crippen molar-refractivity contribution in [3.63, 3.8) is 0 Å². The first-order chi connectivity index (χ1) is 10.7. The lowest BCUT2D eigenvalue weighted by Crippen LogP contribution is -2.38. The Labute approximate surface area is 148 Å². The number of halogens is 1. The number of nitrogens with zero attached hydrogens (tertiary/aromatic N) is 2. The van der Waals surface area contributed by atoms with Crippen molar-refractivity contribution in [3.05, 3.63) is 27.7 Å². The highest BCUT2D eigenvalue weighted by Crippen LogP contribution is 2.43. The maximum Gasteiger partial charge on any atom is 0.244 e. The number of aliphatic imine (C=N–C) groups is 1. The average molecular weight is 417 g/mol. The molecule has 0 aromatic heterocycles. The molecule has 0 N–H and O–H groups in total. The number of fused-ring (bicyclic) bond motifs is 1. The van der Waals surface area contributed by atoms with Gasteiger partial charge < -0.3 is 4.90 Å². The van der Waals surface area contributed by atoms with Gasteiger partial charge in [0, 0.05) is 22.3 Å². The predicted molar refractivity (Wildman–Crippen MR) is 98.0 cm³/mol. The van der Waals surface area contributed by atoms with Gasteiger partial charge in [0.1, 0.15) is 0 Å². The number of aryl methyl sites for hydroxylation is 2. The molecule has 23 heavy (non-hydrogen) atoms. The van der Waals surface area contributed by atoms with Gasteiger partial charge in [-0.05, 0) is 37.1 Å². The minimum atomic E-state index is -3.04. The van der Waals surface area contributed by atoms with Crippen LogP contribution in [0.15, 0.2) is 21.6 Å². The Balaban J connectivity index is 2.14. The first-order valence-electron chi connectivity index (χ1n) is 7.20. The summed E-state index contributed by atoms with van der Waals surface area (Å²) in [6, 6.07) is 3.83. The Morgan fingerprint density at radius 1 is 1.30 bits per heavy atom. The molecule has 1 amide bonds. The first kappa shape index (κ1) is 17.0. The van der Waals surface area contributed by atoms with Crippen molar-refractivity contribution in [1.82, 2.24) is 0 Å². The summed E-state index contributed by atoms with van der Waals surface area (Å²) in [5.41, 5.74) is 3.00. The number of rotatable bonds is 1. The summed E-state index contributed by atoms with van der Waals surface area (Å²) < 4.78 is 25.0. The van der Waals surface area contributed by atoms with Gasteiger partial charge in [0.2, 0.25) is 5.91 Å². The molecule has 2 saturated heterocycles. The summed E-state index contributed by atoms with van der Waals surface area (Å²) in [6.07, 6.45) is 0. The Hall–Kier alpha value is -0.860. The maximum absolute atomic E-state index is 12.0. The van der Waals surface area contributed by atoms with E-state index in [4.69, 9.17) is 0 Å². The number of anilines is 1. The third kappa shape index (κ3) is 3.21. The average Bonchev–Trinajstić information content (AvgIpc) is 2.81. The second kappa shape index (κ2) is 5.89. The summed E-state index contributed by atoms with van der Waals surface area (Å²) in [5, 5.41) is 0.538. The van der Waals surface area contributed by atoms with Crippen molar-refractivity contribution in [1.29, 1.82) is 0 Å². The number of amides is 1. The Bertz CT molecular complexity index is 797. The molecule has 3 rings (SSSR count). The third-order valence-electron chi connectivity index (χ3n) is 4.02. The van der Waals surface area contributed by atoms with E-state index in [1.165, 1.54) is 18.7 Å². The number of hydrogen-bond donors (Lipinski definition) is 0. The Morgan fingerprint density at radius 2 is 1.91 bits per heavy atom. The van der Waals surface area contributed by atoms with Crippen LogP contribution in [0.2, 0.25) is 0 Å². The molecule has 2 fully saturated rings. The Kier molecular flexibility index (Phi) is 4.35. The summed E-state index contributed by atoms with van der Waals surface area (Å²) in [5.74, 6) is -0.0197. The highest BCUT2D eigenvalue weighted by atomic mass is 79.9. The number of carbonyl (C=O) groups excluding carboxylic acids is 1. The van der Waals surface area contributed by atoms with Crippen molar-refractivity contribution in [2.24, 2.45) is 4.99 Å². The fraction of sp³-hybridized carbons (Fsp3) is 0.467. The van der Waals surface area contributed by atoms with Crippen LogP contribution in [0.1, 0.15) is 18.1 Å². The van der Waals surface area contributed by atoms with E-state index in [0.29, 0.717) is 5.17 Å². The molecule has 124 valence electrons. The molecular weight excluding hydrogens is 400 g/mol. The molecule has 2 atom stereocenters. The molecule has 0 bridgehead atoms. The third-order valence-corrected chi connectivity index (χ3v) is 7.68. The van der Waals surface area contributed by atoms with Gasteiger partial charge in [-0.25, -0.2) is 8.42 Å². The highest BCUT2D eigenvalue weighted by molar-refractivity contribution is 9.10. The summed E-state index contributed by atoms with van der Waals surface area (Å²) in [4.78, 5) is 17.6. The van der Waals surface area contributed by atoms with Gasteiger partial charge in [0.25, 0.3) is 0 Å². The Morgan fingerprint density at radius 3 is 2.48 bits per heavy atom. The fourth-order valence-corrected chi connectivity index (χ4v) is 7.87. The zero-order chi connectivity index (χ0) is 16.9. The summed E-state index contributed by atoms with van der Waals surface area (Å²) >= 11 is 4.88. The van der Waals surface area contributed by atoms with Crippen LogP contribution in [-0.2, 0) is 14.6 Å². The van der Waals surface area contributed by atoms with Crippen LogP contribution < -0.4 is 4.90 Å². The van der Waals surface area contributed by atoms with E-state index in [1.807, 2.05) is 30.9 Å². The number of carbonyl (C=O) groups is 1. The van der Waals surface area contributed by atoms with Crippen molar-refractivity contribution < 1.29 is 13.2 Å². The monoisotopic (exact) mass is 416 g/mol. The molecule has 0 radical (unpaired) electrons. The van der Waals surface area contributed by atoms with Crippen molar-refractivity contribution >= 4 is 54.3 Å². The van der Waals surface area contributed by atoms with Gasteiger partial charge in [-0.15, -0.1) is 0 Å². The molecule has 1 aromatic rings. The van der Waals surface area contributed by atoms with Crippen LogP contribution in [0.4, 0.5) is 5.69 Å². The standard InChI is InChI=1S/C15H17BrN2O3S2/c1-8-4-11(16)5-9(2)14(8)18-12-6-23(20,21)7-13(12)22-15(18)17-10(3)19/h4-5,12-13H,6-7H2,1-3H3/t12-,13+/m0/s1. The van der Waals surface area contributed by atoms with Crippen molar-refractivity contribution in [3.8, 4) is 0 Å². The van der Waals surface area contributed by atoms with E-state index in [2.05, 4.69) is 20.9 Å². The second-order valence-corrected chi connectivity index (χ2v) is 10.2. The molecule has 0 aliphatic carbocycles. The normalized spacial score (nSPS) is 27.5. The number of sulfone groups is 1. The minimum absolute atomic E-state index is 0.0689. The molecule has 1 aromatic carbocycles. The van der Waals surface area contributed by atoms with E-state index in [9.17, 15) is 13.2 Å². The van der Waals surface area contributed by atoms with Gasteiger partial charge in [0.05, 0.1) is 17.5 Å². The quantitative estimate of drug-likeness (QED) is 0.703. The number of amidine groups is 1.